The number of nitrogens with zero attached hydrogens (tertiary/aromatic N) is 3. The minimum absolute atomic E-state index is 0.819. The lowest BCUT2D eigenvalue weighted by atomic mass is 10.2. The third kappa shape index (κ3) is 4.30. The normalized spacial score (nSPS) is 11.1. The highest BCUT2D eigenvalue weighted by molar-refractivity contribution is 7.13. The van der Waals surface area contributed by atoms with Crippen molar-refractivity contribution in [3.05, 3.63) is 58.4 Å². The van der Waals surface area contributed by atoms with Crippen LogP contribution < -0.4 is 5.32 Å². The second-order valence-corrected chi connectivity index (χ2v) is 7.05. The lowest BCUT2D eigenvalue weighted by Crippen LogP contribution is -2.17. The number of aryl methyl sites for hydroxylation is 4. The zero-order valence-electron chi connectivity index (χ0n) is 14.5. The van der Waals surface area contributed by atoms with Gasteiger partial charge in [0.25, 0.3) is 0 Å². The highest BCUT2D eigenvalue weighted by Gasteiger charge is 2.05. The van der Waals surface area contributed by atoms with Gasteiger partial charge in [-0.25, -0.2) is 4.98 Å². The summed E-state index contributed by atoms with van der Waals surface area (Å²) in [5.74, 6) is 0. The Balaban J connectivity index is 1.44. The predicted molar refractivity (Wildman–Crippen MR) is 100 cm³/mol. The molecule has 5 heteroatoms. The van der Waals surface area contributed by atoms with Crippen LogP contribution in [0.4, 0.5) is 0 Å². The second kappa shape index (κ2) is 7.73. The molecule has 2 aromatic heterocycles. The molecule has 0 unspecified atom stereocenters. The van der Waals surface area contributed by atoms with Crippen molar-refractivity contribution in [2.75, 3.05) is 6.54 Å². The summed E-state index contributed by atoms with van der Waals surface area (Å²) in [6.45, 7) is 8.99. The first-order chi connectivity index (χ1) is 11.6. The molecule has 1 aromatic carbocycles. The third-order valence-electron chi connectivity index (χ3n) is 3.98. The monoisotopic (exact) mass is 340 g/mol. The number of hydrogen-bond acceptors (Lipinski definition) is 4. The van der Waals surface area contributed by atoms with Crippen molar-refractivity contribution in [3.63, 3.8) is 0 Å². The molecule has 2 heterocycles. The summed E-state index contributed by atoms with van der Waals surface area (Å²) < 4.78 is 2.08. The first-order valence-corrected chi connectivity index (χ1v) is 9.23. The van der Waals surface area contributed by atoms with E-state index in [0.717, 1.165) is 42.5 Å². The minimum Gasteiger partial charge on any atom is -0.311 e. The fraction of sp³-hybridized carbons (Fsp3) is 0.368. The average molecular weight is 340 g/mol. The fourth-order valence-corrected chi connectivity index (χ4v) is 3.51. The van der Waals surface area contributed by atoms with E-state index in [-0.39, 0.29) is 0 Å². The summed E-state index contributed by atoms with van der Waals surface area (Å²) in [5, 5.41) is 11.2. The molecule has 0 radical (unpaired) electrons. The molecule has 0 amide bonds. The molecule has 0 saturated carbocycles. The van der Waals surface area contributed by atoms with E-state index in [1.54, 1.807) is 11.3 Å². The Hall–Kier alpha value is -1.98. The molecule has 0 aliphatic rings. The summed E-state index contributed by atoms with van der Waals surface area (Å²) >= 11 is 1.71. The molecule has 0 bridgehead atoms. The molecular weight excluding hydrogens is 316 g/mol. The van der Waals surface area contributed by atoms with Gasteiger partial charge in [0.2, 0.25) is 0 Å². The van der Waals surface area contributed by atoms with Crippen LogP contribution in [0.15, 0.2) is 35.7 Å². The van der Waals surface area contributed by atoms with Gasteiger partial charge in [0, 0.05) is 29.7 Å². The number of thiazole rings is 1. The Morgan fingerprint density at radius 3 is 2.62 bits per heavy atom. The molecule has 4 nitrogen and oxygen atoms in total. The van der Waals surface area contributed by atoms with Crippen LogP contribution in [0.25, 0.3) is 10.6 Å². The number of benzene rings is 1. The zero-order valence-corrected chi connectivity index (χ0v) is 15.4. The Bertz CT molecular complexity index is 786. The molecular formula is C19H24N4S. The van der Waals surface area contributed by atoms with Gasteiger partial charge in [0.1, 0.15) is 5.01 Å². The molecule has 3 rings (SSSR count). The molecule has 0 aliphatic carbocycles. The smallest absolute Gasteiger partial charge is 0.123 e. The van der Waals surface area contributed by atoms with Gasteiger partial charge < -0.3 is 5.32 Å². The fourth-order valence-electron chi connectivity index (χ4n) is 2.69. The van der Waals surface area contributed by atoms with Crippen molar-refractivity contribution in [1.82, 2.24) is 20.1 Å². The van der Waals surface area contributed by atoms with Crippen molar-refractivity contribution in [2.45, 2.75) is 40.3 Å². The summed E-state index contributed by atoms with van der Waals surface area (Å²) in [4.78, 5) is 4.72. The van der Waals surface area contributed by atoms with Crippen molar-refractivity contribution < 1.29 is 0 Å². The molecule has 24 heavy (non-hydrogen) atoms. The quantitative estimate of drug-likeness (QED) is 0.658. The van der Waals surface area contributed by atoms with Crippen LogP contribution in [0.1, 0.15) is 29.1 Å². The van der Waals surface area contributed by atoms with Gasteiger partial charge in [0.05, 0.1) is 11.4 Å². The highest BCUT2D eigenvalue weighted by Crippen LogP contribution is 2.23. The molecule has 0 atom stereocenters. The zero-order chi connectivity index (χ0) is 16.9. The minimum atomic E-state index is 0.819. The third-order valence-corrected chi connectivity index (χ3v) is 4.92. The number of rotatable bonds is 7. The van der Waals surface area contributed by atoms with Crippen molar-refractivity contribution >= 4 is 11.3 Å². The maximum atomic E-state index is 4.72. The first kappa shape index (κ1) is 16.9. The van der Waals surface area contributed by atoms with Gasteiger partial charge >= 0.3 is 0 Å². The lowest BCUT2D eigenvalue weighted by molar-refractivity contribution is 0.530. The SMILES string of the molecule is Cc1ccc(-c2nc(CNCCCn3nc(C)cc3C)cs2)cc1. The van der Waals surface area contributed by atoms with Crippen molar-refractivity contribution in [2.24, 2.45) is 0 Å². The largest absolute Gasteiger partial charge is 0.311 e. The van der Waals surface area contributed by atoms with Gasteiger partial charge in [0.15, 0.2) is 0 Å². The van der Waals surface area contributed by atoms with E-state index in [0.29, 0.717) is 0 Å². The molecule has 126 valence electrons. The lowest BCUT2D eigenvalue weighted by Gasteiger charge is -2.05. The van der Waals surface area contributed by atoms with Gasteiger partial charge in [-0.2, -0.15) is 5.10 Å². The van der Waals surface area contributed by atoms with Crippen LogP contribution in [0.5, 0.6) is 0 Å². The maximum Gasteiger partial charge on any atom is 0.123 e. The number of aromatic nitrogens is 3. The molecule has 3 aromatic rings. The second-order valence-electron chi connectivity index (χ2n) is 6.19. The van der Waals surface area contributed by atoms with Crippen LogP contribution >= 0.6 is 11.3 Å². The van der Waals surface area contributed by atoms with E-state index < -0.39 is 0 Å². The number of hydrogen-bond donors (Lipinski definition) is 1. The summed E-state index contributed by atoms with van der Waals surface area (Å²) in [5.41, 5.74) is 5.91. The molecule has 0 aliphatic heterocycles. The summed E-state index contributed by atoms with van der Waals surface area (Å²) in [7, 11) is 0. The van der Waals surface area contributed by atoms with Gasteiger partial charge in [-0.3, -0.25) is 4.68 Å². The van der Waals surface area contributed by atoms with E-state index >= 15 is 0 Å². The van der Waals surface area contributed by atoms with E-state index in [4.69, 9.17) is 4.98 Å². The highest BCUT2D eigenvalue weighted by atomic mass is 32.1. The Labute approximate surface area is 147 Å². The van der Waals surface area contributed by atoms with Gasteiger partial charge in [-0.05, 0) is 39.8 Å². The molecule has 0 spiro atoms. The van der Waals surface area contributed by atoms with Crippen LogP contribution in [0, 0.1) is 20.8 Å². The van der Waals surface area contributed by atoms with Crippen molar-refractivity contribution in [3.8, 4) is 10.6 Å². The van der Waals surface area contributed by atoms with E-state index in [1.165, 1.54) is 16.8 Å². The molecule has 0 saturated heterocycles. The Kier molecular flexibility index (Phi) is 5.43. The topological polar surface area (TPSA) is 42.7 Å². The summed E-state index contributed by atoms with van der Waals surface area (Å²) in [6, 6.07) is 10.7. The van der Waals surface area contributed by atoms with E-state index in [9.17, 15) is 0 Å². The van der Waals surface area contributed by atoms with E-state index in [2.05, 4.69) is 64.7 Å². The maximum absolute atomic E-state index is 4.72. The average Bonchev–Trinajstić information content (AvgIpc) is 3.14. The van der Waals surface area contributed by atoms with Gasteiger partial charge in [-0.1, -0.05) is 29.8 Å². The van der Waals surface area contributed by atoms with E-state index in [1.807, 2.05) is 6.92 Å². The first-order valence-electron chi connectivity index (χ1n) is 8.35. The number of nitrogens with one attached hydrogen (secondary N) is 1. The Morgan fingerprint density at radius 2 is 1.92 bits per heavy atom. The van der Waals surface area contributed by atoms with Crippen LogP contribution in [0.3, 0.4) is 0 Å². The van der Waals surface area contributed by atoms with Crippen LogP contribution in [-0.4, -0.2) is 21.3 Å². The molecule has 0 fully saturated rings. The van der Waals surface area contributed by atoms with Crippen LogP contribution in [-0.2, 0) is 13.1 Å². The predicted octanol–water partition coefficient (Wildman–Crippen LogP) is 4.11. The standard InChI is InChI=1S/C19H24N4S/c1-14-5-7-17(8-6-14)19-21-18(13-24-19)12-20-9-4-10-23-16(3)11-15(2)22-23/h5-8,11,13,20H,4,9-10,12H2,1-3H3. The Morgan fingerprint density at radius 1 is 1.12 bits per heavy atom. The van der Waals surface area contributed by atoms with Gasteiger partial charge in [-0.15, -0.1) is 11.3 Å². The molecule has 1 N–H and O–H groups in total. The summed E-state index contributed by atoms with van der Waals surface area (Å²) in [6.07, 6.45) is 1.07. The van der Waals surface area contributed by atoms with Crippen LogP contribution in [0.2, 0.25) is 0 Å². The van der Waals surface area contributed by atoms with Crippen molar-refractivity contribution in [1.29, 1.82) is 0 Å².